The average molecular weight is 292 g/mol. The molecular formula is C15H18BrN. The first-order chi connectivity index (χ1) is 8.15. The molecule has 0 bridgehead atoms. The van der Waals surface area contributed by atoms with Crippen LogP contribution in [0.4, 0.5) is 0 Å². The fourth-order valence-electron chi connectivity index (χ4n) is 2.22. The van der Waals surface area contributed by atoms with Gasteiger partial charge >= 0.3 is 0 Å². The zero-order valence-electron chi connectivity index (χ0n) is 10.7. The van der Waals surface area contributed by atoms with E-state index in [-0.39, 0.29) is 0 Å². The number of hydrogen-bond donors (Lipinski definition) is 0. The summed E-state index contributed by atoms with van der Waals surface area (Å²) in [5.41, 5.74) is 5.07. The van der Waals surface area contributed by atoms with Crippen LogP contribution in [0, 0.1) is 13.8 Å². The Labute approximate surface area is 111 Å². The number of halogens is 1. The van der Waals surface area contributed by atoms with Gasteiger partial charge in [-0.1, -0.05) is 25.5 Å². The lowest BCUT2D eigenvalue weighted by Crippen LogP contribution is -1.98. The average Bonchev–Trinajstić information content (AvgIpc) is 2.31. The predicted molar refractivity (Wildman–Crippen MR) is 77.5 cm³/mol. The summed E-state index contributed by atoms with van der Waals surface area (Å²) in [6, 6.07) is 6.34. The van der Waals surface area contributed by atoms with Crippen LogP contribution in [0.2, 0.25) is 0 Å². The molecule has 0 N–H and O–H groups in total. The smallest absolute Gasteiger partial charge is 0.0850 e. The summed E-state index contributed by atoms with van der Waals surface area (Å²) in [4.78, 5) is 4.70. The Hall–Kier alpha value is -0.890. The Morgan fingerprint density at radius 3 is 2.71 bits per heavy atom. The van der Waals surface area contributed by atoms with Gasteiger partial charge in [0.05, 0.1) is 5.52 Å². The molecule has 0 spiro atoms. The van der Waals surface area contributed by atoms with Crippen molar-refractivity contribution in [2.75, 3.05) is 0 Å². The van der Waals surface area contributed by atoms with Crippen LogP contribution in [0.1, 0.15) is 36.6 Å². The SMILES string of the molecule is CCCCc1c(C)c(C)nc2c(Br)cccc12. The molecule has 1 heterocycles. The minimum absolute atomic E-state index is 1.09. The molecule has 2 aromatic rings. The van der Waals surface area contributed by atoms with Crippen LogP contribution in [0.3, 0.4) is 0 Å². The number of aryl methyl sites for hydroxylation is 2. The van der Waals surface area contributed by atoms with Gasteiger partial charge in [-0.15, -0.1) is 0 Å². The van der Waals surface area contributed by atoms with Gasteiger partial charge in [0.15, 0.2) is 0 Å². The summed E-state index contributed by atoms with van der Waals surface area (Å²) >= 11 is 3.60. The summed E-state index contributed by atoms with van der Waals surface area (Å²) in [5, 5.41) is 1.30. The highest BCUT2D eigenvalue weighted by atomic mass is 79.9. The summed E-state index contributed by atoms with van der Waals surface area (Å²) in [7, 11) is 0. The first-order valence-corrected chi connectivity index (χ1v) is 6.98. The van der Waals surface area contributed by atoms with Gasteiger partial charge in [0.25, 0.3) is 0 Å². The van der Waals surface area contributed by atoms with Gasteiger partial charge < -0.3 is 0 Å². The minimum Gasteiger partial charge on any atom is -0.252 e. The van der Waals surface area contributed by atoms with E-state index in [1.165, 1.54) is 29.4 Å². The second kappa shape index (κ2) is 5.18. The molecular weight excluding hydrogens is 274 g/mol. The fraction of sp³-hybridized carbons (Fsp3) is 0.400. The largest absolute Gasteiger partial charge is 0.252 e. The maximum Gasteiger partial charge on any atom is 0.0850 e. The molecule has 1 aromatic carbocycles. The van der Waals surface area contributed by atoms with Crippen molar-refractivity contribution in [3.05, 3.63) is 39.5 Å². The van der Waals surface area contributed by atoms with Gasteiger partial charge in [0, 0.05) is 15.6 Å². The van der Waals surface area contributed by atoms with Crippen molar-refractivity contribution in [1.82, 2.24) is 4.98 Å². The molecule has 0 fully saturated rings. The third-order valence-corrected chi connectivity index (χ3v) is 4.01. The Bertz CT molecular complexity index is 546. The number of nitrogens with zero attached hydrogens (tertiary/aromatic N) is 1. The first-order valence-electron chi connectivity index (χ1n) is 6.19. The topological polar surface area (TPSA) is 12.9 Å². The van der Waals surface area contributed by atoms with Crippen LogP contribution in [0.15, 0.2) is 22.7 Å². The van der Waals surface area contributed by atoms with Crippen LogP contribution in [0.25, 0.3) is 10.9 Å². The van der Waals surface area contributed by atoms with Crippen molar-refractivity contribution in [3.63, 3.8) is 0 Å². The van der Waals surface area contributed by atoms with Crippen LogP contribution in [-0.2, 0) is 6.42 Å². The molecule has 0 aliphatic carbocycles. The number of benzene rings is 1. The van der Waals surface area contributed by atoms with Crippen molar-refractivity contribution in [2.45, 2.75) is 40.0 Å². The van der Waals surface area contributed by atoms with E-state index in [1.54, 1.807) is 0 Å². The molecule has 0 aliphatic rings. The van der Waals surface area contributed by atoms with Crippen LogP contribution < -0.4 is 0 Å². The molecule has 17 heavy (non-hydrogen) atoms. The van der Waals surface area contributed by atoms with Gasteiger partial charge in [0.2, 0.25) is 0 Å². The van der Waals surface area contributed by atoms with E-state index in [2.05, 4.69) is 54.9 Å². The zero-order valence-corrected chi connectivity index (χ0v) is 12.3. The van der Waals surface area contributed by atoms with E-state index in [1.807, 2.05) is 0 Å². The molecule has 0 amide bonds. The molecule has 2 heteroatoms. The van der Waals surface area contributed by atoms with Gasteiger partial charge in [-0.2, -0.15) is 0 Å². The molecule has 1 nitrogen and oxygen atoms in total. The summed E-state index contributed by atoms with van der Waals surface area (Å²) in [6.45, 7) is 6.53. The van der Waals surface area contributed by atoms with Crippen LogP contribution >= 0.6 is 15.9 Å². The maximum atomic E-state index is 4.70. The lowest BCUT2D eigenvalue weighted by molar-refractivity contribution is 0.793. The van der Waals surface area contributed by atoms with Crippen LogP contribution in [-0.4, -0.2) is 4.98 Å². The van der Waals surface area contributed by atoms with Crippen molar-refractivity contribution < 1.29 is 0 Å². The van der Waals surface area contributed by atoms with Gasteiger partial charge in [0.1, 0.15) is 0 Å². The standard InChI is InChI=1S/C15H18BrN/c1-4-5-7-12-10(2)11(3)17-15-13(12)8-6-9-14(15)16/h6,8-9H,4-5,7H2,1-3H3. The quantitative estimate of drug-likeness (QED) is 0.779. The molecule has 0 radical (unpaired) electrons. The van der Waals surface area contributed by atoms with Crippen molar-refractivity contribution in [3.8, 4) is 0 Å². The van der Waals surface area contributed by atoms with Gasteiger partial charge in [-0.05, 0) is 59.8 Å². The van der Waals surface area contributed by atoms with E-state index in [4.69, 9.17) is 4.98 Å². The lowest BCUT2D eigenvalue weighted by Gasteiger charge is -2.13. The van der Waals surface area contributed by atoms with Gasteiger partial charge in [-0.25, -0.2) is 0 Å². The second-order valence-electron chi connectivity index (χ2n) is 4.54. The highest BCUT2D eigenvalue weighted by Gasteiger charge is 2.10. The molecule has 0 unspecified atom stereocenters. The third-order valence-electron chi connectivity index (χ3n) is 3.37. The molecule has 0 atom stereocenters. The Balaban J connectivity index is 2.69. The Morgan fingerprint density at radius 1 is 1.24 bits per heavy atom. The van der Waals surface area contributed by atoms with Gasteiger partial charge in [-0.3, -0.25) is 4.98 Å². The predicted octanol–water partition coefficient (Wildman–Crippen LogP) is 4.96. The summed E-state index contributed by atoms with van der Waals surface area (Å²) in [6.07, 6.45) is 3.63. The highest BCUT2D eigenvalue weighted by molar-refractivity contribution is 9.10. The van der Waals surface area contributed by atoms with E-state index < -0.39 is 0 Å². The second-order valence-corrected chi connectivity index (χ2v) is 5.39. The number of unbranched alkanes of at least 4 members (excludes halogenated alkanes) is 1. The Kier molecular flexibility index (Phi) is 3.82. The lowest BCUT2D eigenvalue weighted by atomic mass is 9.97. The molecule has 0 saturated carbocycles. The minimum atomic E-state index is 1.09. The third kappa shape index (κ3) is 2.37. The maximum absolute atomic E-state index is 4.70. The molecule has 2 rings (SSSR count). The molecule has 90 valence electrons. The summed E-state index contributed by atoms with van der Waals surface area (Å²) in [5.74, 6) is 0. The van der Waals surface area contributed by atoms with E-state index in [0.717, 1.165) is 22.1 Å². The van der Waals surface area contributed by atoms with E-state index in [0.29, 0.717) is 0 Å². The van der Waals surface area contributed by atoms with E-state index in [9.17, 15) is 0 Å². The van der Waals surface area contributed by atoms with Crippen LogP contribution in [0.5, 0.6) is 0 Å². The van der Waals surface area contributed by atoms with Crippen molar-refractivity contribution >= 4 is 26.8 Å². The van der Waals surface area contributed by atoms with Crippen molar-refractivity contribution in [1.29, 1.82) is 0 Å². The Morgan fingerprint density at radius 2 is 2.00 bits per heavy atom. The highest BCUT2D eigenvalue weighted by Crippen LogP contribution is 2.29. The fourth-order valence-corrected chi connectivity index (χ4v) is 2.67. The molecule has 1 aromatic heterocycles. The number of pyridine rings is 1. The van der Waals surface area contributed by atoms with Crippen molar-refractivity contribution in [2.24, 2.45) is 0 Å². The zero-order chi connectivity index (χ0) is 12.4. The normalized spacial score (nSPS) is 11.1. The molecule has 0 aliphatic heterocycles. The monoisotopic (exact) mass is 291 g/mol. The first kappa shape index (κ1) is 12.6. The number of hydrogen-bond acceptors (Lipinski definition) is 1. The number of para-hydroxylation sites is 1. The summed E-state index contributed by atoms with van der Waals surface area (Å²) < 4.78 is 1.09. The number of aromatic nitrogens is 1. The molecule has 0 saturated heterocycles. The number of rotatable bonds is 3. The van der Waals surface area contributed by atoms with E-state index >= 15 is 0 Å². The number of fused-ring (bicyclic) bond motifs is 1.